The summed E-state index contributed by atoms with van der Waals surface area (Å²) in [6.45, 7) is 1.70. The van der Waals surface area contributed by atoms with Crippen LogP contribution in [0.1, 0.15) is 11.3 Å². The Balaban J connectivity index is 0.00000242. The highest BCUT2D eigenvalue weighted by atomic mass is 79.9. The van der Waals surface area contributed by atoms with Crippen LogP contribution in [0.25, 0.3) is 16.6 Å². The summed E-state index contributed by atoms with van der Waals surface area (Å²) in [6, 6.07) is 15.5. The fraction of sp³-hybridized carbons (Fsp3) is 0.143. The third-order valence-electron chi connectivity index (χ3n) is 6.25. The highest BCUT2D eigenvalue weighted by Crippen LogP contribution is 2.35. The van der Waals surface area contributed by atoms with Gasteiger partial charge in [-0.3, -0.25) is 14.2 Å². The Bertz CT molecular complexity index is 1770. The van der Waals surface area contributed by atoms with Crippen LogP contribution in [0.4, 0.5) is 16.2 Å². The van der Waals surface area contributed by atoms with Crippen LogP contribution in [-0.4, -0.2) is 39.9 Å². The largest absolute Gasteiger partial charge is 0.485 e. The molecule has 0 fully saturated rings. The molecule has 2 aromatic carbocycles. The minimum absolute atomic E-state index is 0. The molecule has 3 aromatic heterocycles. The molecule has 3 amide bonds. The van der Waals surface area contributed by atoms with Crippen molar-refractivity contribution in [1.82, 2.24) is 19.7 Å². The van der Waals surface area contributed by atoms with Crippen molar-refractivity contribution in [3.05, 3.63) is 92.9 Å². The number of benzene rings is 2. The zero-order chi connectivity index (χ0) is 28.4. The average molecular weight is 715 g/mol. The van der Waals surface area contributed by atoms with Crippen LogP contribution in [0.15, 0.2) is 71.6 Å². The summed E-state index contributed by atoms with van der Waals surface area (Å²) in [6.07, 6.45) is 3.58. The van der Waals surface area contributed by atoms with Gasteiger partial charge < -0.3 is 20.3 Å². The molecule has 2 N–H and O–H groups in total. The van der Waals surface area contributed by atoms with Crippen LogP contribution in [-0.2, 0) is 11.4 Å². The molecule has 9 nitrogen and oxygen atoms in total. The molecule has 0 aliphatic carbocycles. The lowest BCUT2D eigenvalue weighted by atomic mass is 10.2. The van der Waals surface area contributed by atoms with Gasteiger partial charge in [-0.1, -0.05) is 29.3 Å². The molecule has 0 saturated carbocycles. The van der Waals surface area contributed by atoms with Gasteiger partial charge in [-0.15, -0.1) is 24.8 Å². The summed E-state index contributed by atoms with van der Waals surface area (Å²) < 4.78 is 8.76. The number of hydrogen-bond donors (Lipinski definition) is 2. The van der Waals surface area contributed by atoms with Crippen molar-refractivity contribution in [2.75, 3.05) is 23.8 Å². The highest BCUT2D eigenvalue weighted by Gasteiger charge is 2.20. The SMILES string of the molecule is Cc1nc2c(OCc3c(Cl)ccc(N(C)C(=O)CNC(=O)Nc4ccc5ncccc5c4)c3Cl)cccn2c1Br.Cl.Cl. The maximum absolute atomic E-state index is 12.9. The van der Waals surface area contributed by atoms with E-state index in [1.807, 2.05) is 41.8 Å². The monoisotopic (exact) mass is 712 g/mol. The number of halogens is 5. The number of nitrogens with zero attached hydrogens (tertiary/aromatic N) is 4. The van der Waals surface area contributed by atoms with E-state index in [2.05, 4.69) is 36.5 Å². The first-order chi connectivity index (χ1) is 19.2. The topological polar surface area (TPSA) is 101 Å². The summed E-state index contributed by atoms with van der Waals surface area (Å²) in [5.74, 6) is 0.174. The summed E-state index contributed by atoms with van der Waals surface area (Å²) in [5, 5.41) is 6.86. The molecule has 220 valence electrons. The number of amides is 3. The van der Waals surface area contributed by atoms with Gasteiger partial charge in [0.2, 0.25) is 5.91 Å². The van der Waals surface area contributed by atoms with Crippen LogP contribution < -0.4 is 20.3 Å². The number of aromatic nitrogens is 3. The molecule has 0 radical (unpaired) electrons. The Morgan fingerprint density at radius 2 is 1.88 bits per heavy atom. The number of imidazole rings is 1. The lowest BCUT2D eigenvalue weighted by Gasteiger charge is -2.21. The van der Waals surface area contributed by atoms with Gasteiger partial charge in [0.1, 0.15) is 11.2 Å². The number of anilines is 2. The van der Waals surface area contributed by atoms with Gasteiger partial charge in [0.15, 0.2) is 11.4 Å². The molecule has 0 aliphatic heterocycles. The number of likely N-dealkylation sites (N-methyl/N-ethyl adjacent to an activating group) is 1. The lowest BCUT2D eigenvalue weighted by molar-refractivity contribution is -0.117. The minimum Gasteiger partial charge on any atom is -0.485 e. The summed E-state index contributed by atoms with van der Waals surface area (Å²) in [7, 11) is 1.57. The number of carbonyl (C=O) groups is 2. The van der Waals surface area contributed by atoms with Gasteiger partial charge in [-0.2, -0.15) is 0 Å². The number of hydrogen-bond acceptors (Lipinski definition) is 5. The predicted molar refractivity (Wildman–Crippen MR) is 175 cm³/mol. The molecule has 0 unspecified atom stereocenters. The average Bonchev–Trinajstić information content (AvgIpc) is 3.25. The predicted octanol–water partition coefficient (Wildman–Crippen LogP) is 7.47. The van der Waals surface area contributed by atoms with Crippen LogP contribution in [0.2, 0.25) is 10.0 Å². The molecule has 3 heterocycles. The van der Waals surface area contributed by atoms with Crippen molar-refractivity contribution in [2.24, 2.45) is 0 Å². The van der Waals surface area contributed by atoms with Crippen molar-refractivity contribution in [2.45, 2.75) is 13.5 Å². The smallest absolute Gasteiger partial charge is 0.319 e. The van der Waals surface area contributed by atoms with Crippen molar-refractivity contribution < 1.29 is 14.3 Å². The number of rotatable bonds is 7. The van der Waals surface area contributed by atoms with Crippen molar-refractivity contribution >= 4 is 104 Å². The van der Waals surface area contributed by atoms with E-state index in [9.17, 15) is 9.59 Å². The molecule has 0 aliphatic rings. The third-order valence-corrected chi connectivity index (χ3v) is 7.98. The first-order valence-electron chi connectivity index (χ1n) is 12.1. The quantitative estimate of drug-likeness (QED) is 0.182. The second-order valence-corrected chi connectivity index (χ2v) is 10.4. The molecule has 14 heteroatoms. The number of pyridine rings is 2. The maximum Gasteiger partial charge on any atom is 0.319 e. The zero-order valence-electron chi connectivity index (χ0n) is 22.2. The Hall–Kier alpha value is -3.28. The van der Waals surface area contributed by atoms with Crippen molar-refractivity contribution in [3.8, 4) is 5.75 Å². The zero-order valence-corrected chi connectivity index (χ0v) is 27.0. The van der Waals surface area contributed by atoms with Gasteiger partial charge in [0, 0.05) is 41.1 Å². The number of fused-ring (bicyclic) bond motifs is 2. The van der Waals surface area contributed by atoms with Gasteiger partial charge in [-0.25, -0.2) is 9.78 Å². The molecule has 0 saturated heterocycles. The van der Waals surface area contributed by atoms with Gasteiger partial charge in [-0.05, 0) is 71.4 Å². The molecular formula is C28H25BrCl4N6O3. The van der Waals surface area contributed by atoms with Crippen molar-refractivity contribution in [3.63, 3.8) is 0 Å². The molecule has 0 bridgehead atoms. The van der Waals surface area contributed by atoms with E-state index in [0.717, 1.165) is 21.2 Å². The first-order valence-corrected chi connectivity index (χ1v) is 13.7. The number of nitrogens with one attached hydrogen (secondary N) is 2. The van der Waals surface area contributed by atoms with E-state index in [0.29, 0.717) is 33.4 Å². The molecule has 42 heavy (non-hydrogen) atoms. The van der Waals surface area contributed by atoms with E-state index >= 15 is 0 Å². The molecule has 5 rings (SSSR count). The molecule has 5 aromatic rings. The van der Waals surface area contributed by atoms with Crippen LogP contribution in [0, 0.1) is 6.92 Å². The normalized spacial score (nSPS) is 10.5. The van der Waals surface area contributed by atoms with Gasteiger partial charge in [0.25, 0.3) is 0 Å². The third kappa shape index (κ3) is 7.02. The van der Waals surface area contributed by atoms with Gasteiger partial charge in [0.05, 0.1) is 28.5 Å². The summed E-state index contributed by atoms with van der Waals surface area (Å²) >= 11 is 16.7. The number of urea groups is 1. The van der Waals surface area contributed by atoms with Crippen LogP contribution in [0.3, 0.4) is 0 Å². The first kappa shape index (κ1) is 33.2. The number of carbonyl (C=O) groups excluding carboxylic acids is 2. The lowest BCUT2D eigenvalue weighted by Crippen LogP contribution is -2.40. The van der Waals surface area contributed by atoms with Crippen LogP contribution >= 0.6 is 63.9 Å². The van der Waals surface area contributed by atoms with Crippen molar-refractivity contribution in [1.29, 1.82) is 0 Å². The molecule has 0 atom stereocenters. The maximum atomic E-state index is 12.9. The van der Waals surface area contributed by atoms with E-state index in [4.69, 9.17) is 27.9 Å². The Kier molecular flexibility index (Phi) is 11.3. The van der Waals surface area contributed by atoms with E-state index < -0.39 is 6.03 Å². The Morgan fingerprint density at radius 3 is 2.67 bits per heavy atom. The number of ether oxygens (including phenoxy) is 1. The molecular weight excluding hydrogens is 690 g/mol. The van der Waals surface area contributed by atoms with E-state index in [1.165, 1.54) is 4.90 Å². The fourth-order valence-corrected chi connectivity index (χ4v) is 5.09. The Morgan fingerprint density at radius 1 is 1.10 bits per heavy atom. The number of aryl methyl sites for hydroxylation is 1. The minimum atomic E-state index is -0.517. The fourth-order valence-electron chi connectivity index (χ4n) is 4.10. The van der Waals surface area contributed by atoms with E-state index in [1.54, 1.807) is 43.6 Å². The van der Waals surface area contributed by atoms with Crippen LogP contribution in [0.5, 0.6) is 5.75 Å². The second kappa shape index (κ2) is 14.3. The standard InChI is InChI=1S/C28H23BrCl2N6O3.2ClH/c1-16-26(29)37-12-4-6-23(27(37)34-16)40-15-19-20(30)8-10-22(25(19)31)36(2)24(38)14-33-28(39)35-18-7-9-21-17(13-18)5-3-11-32-21;;/h3-13H,14-15H2,1-2H3,(H2,33,35,39);2*1H. The highest BCUT2D eigenvalue weighted by molar-refractivity contribution is 9.10. The Labute approximate surface area is 272 Å². The van der Waals surface area contributed by atoms with E-state index in [-0.39, 0.29) is 48.9 Å². The van der Waals surface area contributed by atoms with Gasteiger partial charge >= 0.3 is 6.03 Å². The summed E-state index contributed by atoms with van der Waals surface area (Å²) in [4.78, 5) is 35.5. The summed E-state index contributed by atoms with van der Waals surface area (Å²) in [5.41, 5.74) is 3.81. The molecule has 0 spiro atoms. The second-order valence-electron chi connectivity index (χ2n) is 8.87.